The summed E-state index contributed by atoms with van der Waals surface area (Å²) in [5, 5.41) is 13.4. The minimum atomic E-state index is -0.775. The number of hydrogen-bond donors (Lipinski definition) is 2. The fourth-order valence-corrected chi connectivity index (χ4v) is 1.74. The van der Waals surface area contributed by atoms with Gasteiger partial charge in [0.2, 0.25) is 11.9 Å². The second-order valence-corrected chi connectivity index (χ2v) is 3.44. The summed E-state index contributed by atoms with van der Waals surface area (Å²) in [6.07, 6.45) is 3.40. The number of nitro groups is 1. The standard InChI is InChI=1S/C8H10N4O3/c13-7-2-1-6(12(14)15)8(11-7)5-3-9-4-10-5/h3-4,6,8H,1-2H2,(H,9,10)(H,11,13)/t6-,8-/m1/s1. The summed E-state index contributed by atoms with van der Waals surface area (Å²) < 4.78 is 0. The van der Waals surface area contributed by atoms with Crippen LogP contribution < -0.4 is 5.32 Å². The first-order valence-corrected chi connectivity index (χ1v) is 4.59. The van der Waals surface area contributed by atoms with Crippen molar-refractivity contribution < 1.29 is 9.72 Å². The molecule has 1 aliphatic rings. The maximum Gasteiger partial charge on any atom is 0.239 e. The molecule has 1 saturated heterocycles. The Morgan fingerprint density at radius 1 is 1.60 bits per heavy atom. The van der Waals surface area contributed by atoms with E-state index in [0.29, 0.717) is 5.69 Å². The Morgan fingerprint density at radius 2 is 2.40 bits per heavy atom. The number of aromatic nitrogens is 2. The van der Waals surface area contributed by atoms with Gasteiger partial charge in [-0.3, -0.25) is 14.9 Å². The van der Waals surface area contributed by atoms with E-state index in [1.165, 1.54) is 12.5 Å². The van der Waals surface area contributed by atoms with Crippen molar-refractivity contribution in [1.29, 1.82) is 0 Å². The van der Waals surface area contributed by atoms with Gasteiger partial charge in [0.05, 0.1) is 18.2 Å². The molecular weight excluding hydrogens is 200 g/mol. The van der Waals surface area contributed by atoms with Gasteiger partial charge in [-0.15, -0.1) is 0 Å². The average molecular weight is 210 g/mol. The van der Waals surface area contributed by atoms with Gasteiger partial charge in [-0.25, -0.2) is 4.98 Å². The average Bonchev–Trinajstić information content (AvgIpc) is 2.69. The molecule has 0 unspecified atom stereocenters. The summed E-state index contributed by atoms with van der Waals surface area (Å²) >= 11 is 0. The van der Waals surface area contributed by atoms with Crippen molar-refractivity contribution in [1.82, 2.24) is 15.3 Å². The largest absolute Gasteiger partial charge is 0.347 e. The van der Waals surface area contributed by atoms with Crippen LogP contribution in [0.1, 0.15) is 24.6 Å². The highest BCUT2D eigenvalue weighted by atomic mass is 16.6. The van der Waals surface area contributed by atoms with E-state index in [1.54, 1.807) is 0 Å². The molecule has 7 heteroatoms. The molecular formula is C8H10N4O3. The number of carbonyl (C=O) groups is 1. The Kier molecular flexibility index (Phi) is 2.36. The van der Waals surface area contributed by atoms with E-state index >= 15 is 0 Å². The zero-order valence-corrected chi connectivity index (χ0v) is 7.84. The second kappa shape index (κ2) is 3.68. The number of amides is 1. The molecule has 1 aromatic rings. The van der Waals surface area contributed by atoms with Crippen LogP contribution in [0.4, 0.5) is 0 Å². The third-order valence-electron chi connectivity index (χ3n) is 2.49. The van der Waals surface area contributed by atoms with Gasteiger partial charge < -0.3 is 10.3 Å². The summed E-state index contributed by atoms with van der Waals surface area (Å²) in [5.41, 5.74) is 0.574. The second-order valence-electron chi connectivity index (χ2n) is 3.44. The Hall–Kier alpha value is -1.92. The Balaban J connectivity index is 2.24. The summed E-state index contributed by atoms with van der Waals surface area (Å²) in [7, 11) is 0. The fraction of sp³-hybridized carbons (Fsp3) is 0.500. The van der Waals surface area contributed by atoms with Gasteiger partial charge in [0.25, 0.3) is 0 Å². The van der Waals surface area contributed by atoms with E-state index in [9.17, 15) is 14.9 Å². The summed E-state index contributed by atoms with van der Waals surface area (Å²) in [5.74, 6) is -0.160. The predicted molar refractivity (Wildman–Crippen MR) is 49.5 cm³/mol. The molecule has 15 heavy (non-hydrogen) atoms. The highest BCUT2D eigenvalue weighted by Gasteiger charge is 2.38. The first-order valence-electron chi connectivity index (χ1n) is 4.59. The molecule has 0 saturated carbocycles. The predicted octanol–water partition coefficient (Wildman–Crippen LogP) is 0.00610. The number of aromatic amines is 1. The van der Waals surface area contributed by atoms with Crippen molar-refractivity contribution in [3.05, 3.63) is 28.3 Å². The van der Waals surface area contributed by atoms with Crippen LogP contribution in [0.5, 0.6) is 0 Å². The zero-order valence-electron chi connectivity index (χ0n) is 7.84. The molecule has 1 fully saturated rings. The van der Waals surface area contributed by atoms with Gasteiger partial charge in [-0.2, -0.15) is 0 Å². The van der Waals surface area contributed by atoms with Crippen LogP contribution in [0.3, 0.4) is 0 Å². The van der Waals surface area contributed by atoms with E-state index < -0.39 is 12.1 Å². The van der Waals surface area contributed by atoms with Crippen molar-refractivity contribution in [2.24, 2.45) is 0 Å². The molecule has 1 amide bonds. The highest BCUT2D eigenvalue weighted by molar-refractivity contribution is 5.77. The number of rotatable bonds is 2. The Bertz CT molecular complexity index is 375. The van der Waals surface area contributed by atoms with Crippen molar-refractivity contribution in [2.45, 2.75) is 24.9 Å². The quantitative estimate of drug-likeness (QED) is 0.530. The zero-order chi connectivity index (χ0) is 10.8. The van der Waals surface area contributed by atoms with Crippen molar-refractivity contribution in [2.75, 3.05) is 0 Å². The van der Waals surface area contributed by atoms with E-state index in [2.05, 4.69) is 15.3 Å². The lowest BCUT2D eigenvalue weighted by Gasteiger charge is -2.25. The smallest absolute Gasteiger partial charge is 0.239 e. The van der Waals surface area contributed by atoms with Crippen molar-refractivity contribution in [3.63, 3.8) is 0 Å². The first kappa shape index (κ1) is 9.63. The molecule has 2 heterocycles. The van der Waals surface area contributed by atoms with Gasteiger partial charge in [-0.05, 0) is 0 Å². The normalized spacial score (nSPS) is 26.0. The monoisotopic (exact) mass is 210 g/mol. The number of carbonyl (C=O) groups excluding carboxylic acids is 1. The molecule has 7 nitrogen and oxygen atoms in total. The fourth-order valence-electron chi connectivity index (χ4n) is 1.74. The number of imidazole rings is 1. The summed E-state index contributed by atoms with van der Waals surface area (Å²) in [6, 6.07) is -1.37. The van der Waals surface area contributed by atoms with Crippen LogP contribution >= 0.6 is 0 Å². The third-order valence-corrected chi connectivity index (χ3v) is 2.49. The minimum absolute atomic E-state index is 0.160. The van der Waals surface area contributed by atoms with E-state index in [1.807, 2.05) is 0 Å². The molecule has 1 aliphatic heterocycles. The molecule has 2 rings (SSSR count). The maximum absolute atomic E-state index is 11.2. The van der Waals surface area contributed by atoms with Gasteiger partial charge in [0.15, 0.2) is 0 Å². The number of H-pyrrole nitrogens is 1. The highest BCUT2D eigenvalue weighted by Crippen LogP contribution is 2.24. The van der Waals surface area contributed by atoms with Crippen LogP contribution in [-0.2, 0) is 4.79 Å². The topological polar surface area (TPSA) is 101 Å². The number of piperidine rings is 1. The van der Waals surface area contributed by atoms with Crippen LogP contribution in [0.15, 0.2) is 12.5 Å². The van der Waals surface area contributed by atoms with E-state index in [0.717, 1.165) is 0 Å². The Labute approximate surface area is 85.0 Å². The van der Waals surface area contributed by atoms with Crippen molar-refractivity contribution >= 4 is 5.91 Å². The van der Waals surface area contributed by atoms with Crippen LogP contribution in [-0.4, -0.2) is 26.8 Å². The van der Waals surface area contributed by atoms with Crippen LogP contribution in [0.2, 0.25) is 0 Å². The van der Waals surface area contributed by atoms with Gasteiger partial charge in [0, 0.05) is 17.8 Å². The molecule has 0 bridgehead atoms. The first-order chi connectivity index (χ1) is 7.18. The summed E-state index contributed by atoms with van der Waals surface area (Å²) in [6.45, 7) is 0. The molecule has 80 valence electrons. The van der Waals surface area contributed by atoms with Gasteiger partial charge >= 0.3 is 0 Å². The Morgan fingerprint density at radius 3 is 3.00 bits per heavy atom. The van der Waals surface area contributed by atoms with E-state index in [-0.39, 0.29) is 23.7 Å². The van der Waals surface area contributed by atoms with Crippen molar-refractivity contribution in [3.8, 4) is 0 Å². The third kappa shape index (κ3) is 1.80. The summed E-state index contributed by atoms with van der Waals surface area (Å²) in [4.78, 5) is 28.2. The SMILES string of the molecule is O=C1CC[C@@H]([N+](=O)[O-])[C@@H](c2cnc[nH]2)N1. The molecule has 0 radical (unpaired) electrons. The molecule has 2 atom stereocenters. The lowest BCUT2D eigenvalue weighted by atomic mass is 9.96. The van der Waals surface area contributed by atoms with Gasteiger partial charge in [-0.1, -0.05) is 0 Å². The lowest BCUT2D eigenvalue weighted by molar-refractivity contribution is -0.529. The van der Waals surface area contributed by atoms with Gasteiger partial charge in [0.1, 0.15) is 6.04 Å². The maximum atomic E-state index is 11.2. The molecule has 0 spiro atoms. The molecule has 0 aliphatic carbocycles. The number of hydrogen-bond acceptors (Lipinski definition) is 4. The van der Waals surface area contributed by atoms with E-state index in [4.69, 9.17) is 0 Å². The number of nitrogens with zero attached hydrogens (tertiary/aromatic N) is 2. The molecule has 1 aromatic heterocycles. The lowest BCUT2D eigenvalue weighted by Crippen LogP contribution is -2.45. The minimum Gasteiger partial charge on any atom is -0.347 e. The number of nitrogens with one attached hydrogen (secondary N) is 2. The molecule has 0 aromatic carbocycles. The molecule has 2 N–H and O–H groups in total. The van der Waals surface area contributed by atoms with Crippen LogP contribution in [0, 0.1) is 10.1 Å². The van der Waals surface area contributed by atoms with Crippen LogP contribution in [0.25, 0.3) is 0 Å².